The molecule has 1 aliphatic rings. The molecule has 19 heavy (non-hydrogen) atoms. The van der Waals surface area contributed by atoms with Gasteiger partial charge >= 0.3 is 5.97 Å². The Kier molecular flexibility index (Phi) is 3.78. The van der Waals surface area contributed by atoms with Gasteiger partial charge in [-0.1, -0.05) is 6.42 Å². The third kappa shape index (κ3) is 2.89. The van der Waals surface area contributed by atoms with Crippen molar-refractivity contribution in [1.29, 1.82) is 0 Å². The molecule has 102 valence electrons. The average molecular weight is 269 g/mol. The summed E-state index contributed by atoms with van der Waals surface area (Å²) in [7, 11) is 0. The van der Waals surface area contributed by atoms with Gasteiger partial charge in [-0.15, -0.1) is 0 Å². The smallest absolute Gasteiger partial charge is 0.308 e. The number of rotatable bonds is 3. The van der Waals surface area contributed by atoms with Crippen LogP contribution < -0.4 is 5.32 Å². The molecule has 0 aromatic heterocycles. The zero-order chi connectivity index (χ0) is 14.0. The van der Waals surface area contributed by atoms with Crippen LogP contribution in [0.4, 0.5) is 8.78 Å². The van der Waals surface area contributed by atoms with Gasteiger partial charge in [0.2, 0.25) is 0 Å². The fourth-order valence-electron chi connectivity index (χ4n) is 2.35. The van der Waals surface area contributed by atoms with Gasteiger partial charge in [0.1, 0.15) is 11.6 Å². The van der Waals surface area contributed by atoms with Crippen molar-refractivity contribution in [3.05, 3.63) is 35.4 Å². The summed E-state index contributed by atoms with van der Waals surface area (Å²) in [5.41, 5.74) is -0.406. The van der Waals surface area contributed by atoms with Crippen LogP contribution in [-0.2, 0) is 4.79 Å². The SMILES string of the molecule is O=C(N[C@H]1CCC[C@H]1C(=O)O)c1cc(F)ccc1F. The predicted octanol–water partition coefficient (Wildman–Crippen LogP) is 1.95. The molecule has 2 atom stereocenters. The highest BCUT2D eigenvalue weighted by Crippen LogP contribution is 2.26. The van der Waals surface area contributed by atoms with Gasteiger partial charge < -0.3 is 10.4 Å². The van der Waals surface area contributed by atoms with Crippen LogP contribution in [-0.4, -0.2) is 23.0 Å². The topological polar surface area (TPSA) is 66.4 Å². The molecule has 2 rings (SSSR count). The van der Waals surface area contributed by atoms with Crippen LogP contribution in [0.3, 0.4) is 0 Å². The van der Waals surface area contributed by atoms with E-state index in [1.807, 2.05) is 0 Å². The first-order chi connectivity index (χ1) is 8.99. The Morgan fingerprint density at radius 2 is 2.00 bits per heavy atom. The molecule has 1 saturated carbocycles. The minimum Gasteiger partial charge on any atom is -0.481 e. The summed E-state index contributed by atoms with van der Waals surface area (Å²) < 4.78 is 26.4. The highest BCUT2D eigenvalue weighted by Gasteiger charge is 2.34. The first-order valence-corrected chi connectivity index (χ1v) is 5.98. The van der Waals surface area contributed by atoms with Gasteiger partial charge in [0.05, 0.1) is 11.5 Å². The van der Waals surface area contributed by atoms with E-state index in [9.17, 15) is 18.4 Å². The number of carbonyl (C=O) groups excluding carboxylic acids is 1. The summed E-state index contributed by atoms with van der Waals surface area (Å²) in [5, 5.41) is 11.4. The molecule has 0 aliphatic heterocycles. The Bertz CT molecular complexity index is 519. The number of aliphatic carboxylic acids is 1. The van der Waals surface area contributed by atoms with E-state index in [1.54, 1.807) is 0 Å². The van der Waals surface area contributed by atoms with Crippen LogP contribution in [0.15, 0.2) is 18.2 Å². The van der Waals surface area contributed by atoms with Crippen LogP contribution in [0.25, 0.3) is 0 Å². The van der Waals surface area contributed by atoms with Crippen molar-refractivity contribution >= 4 is 11.9 Å². The Morgan fingerprint density at radius 3 is 2.68 bits per heavy atom. The van der Waals surface area contributed by atoms with E-state index in [0.717, 1.165) is 18.2 Å². The molecule has 0 spiro atoms. The number of hydrogen-bond acceptors (Lipinski definition) is 2. The van der Waals surface area contributed by atoms with Crippen molar-refractivity contribution in [2.75, 3.05) is 0 Å². The van der Waals surface area contributed by atoms with Gasteiger partial charge in [0.15, 0.2) is 0 Å². The number of amides is 1. The zero-order valence-electron chi connectivity index (χ0n) is 10.0. The second-order valence-electron chi connectivity index (χ2n) is 4.58. The molecular formula is C13H13F2NO3. The monoisotopic (exact) mass is 269 g/mol. The molecule has 0 bridgehead atoms. The first kappa shape index (κ1) is 13.5. The van der Waals surface area contributed by atoms with Crippen molar-refractivity contribution in [2.45, 2.75) is 25.3 Å². The van der Waals surface area contributed by atoms with Gasteiger partial charge in [0.25, 0.3) is 5.91 Å². The molecule has 1 aromatic rings. The second kappa shape index (κ2) is 5.34. The van der Waals surface area contributed by atoms with Crippen molar-refractivity contribution in [1.82, 2.24) is 5.32 Å². The molecular weight excluding hydrogens is 256 g/mol. The van der Waals surface area contributed by atoms with E-state index in [4.69, 9.17) is 5.11 Å². The third-order valence-corrected chi connectivity index (χ3v) is 3.32. The maximum atomic E-state index is 13.4. The Morgan fingerprint density at radius 1 is 1.26 bits per heavy atom. The predicted molar refractivity (Wildman–Crippen MR) is 62.6 cm³/mol. The fraction of sp³-hybridized carbons (Fsp3) is 0.385. The lowest BCUT2D eigenvalue weighted by Crippen LogP contribution is -2.40. The summed E-state index contributed by atoms with van der Waals surface area (Å²) in [6.45, 7) is 0. The van der Waals surface area contributed by atoms with Crippen LogP contribution in [0.1, 0.15) is 29.6 Å². The Labute approximate surface area is 108 Å². The van der Waals surface area contributed by atoms with Crippen molar-refractivity contribution in [2.24, 2.45) is 5.92 Å². The van der Waals surface area contributed by atoms with Crippen molar-refractivity contribution in [3.63, 3.8) is 0 Å². The van der Waals surface area contributed by atoms with E-state index in [-0.39, 0.29) is 0 Å². The van der Waals surface area contributed by atoms with E-state index in [2.05, 4.69) is 5.32 Å². The summed E-state index contributed by atoms with van der Waals surface area (Å²) in [6.07, 6.45) is 1.69. The van der Waals surface area contributed by atoms with Crippen molar-refractivity contribution < 1.29 is 23.5 Å². The second-order valence-corrected chi connectivity index (χ2v) is 4.58. The number of carbonyl (C=O) groups is 2. The molecule has 1 fully saturated rings. The van der Waals surface area contributed by atoms with Gasteiger partial charge in [-0.3, -0.25) is 9.59 Å². The lowest BCUT2D eigenvalue weighted by molar-refractivity contribution is -0.142. The molecule has 1 aliphatic carbocycles. The third-order valence-electron chi connectivity index (χ3n) is 3.32. The van der Waals surface area contributed by atoms with Gasteiger partial charge in [0, 0.05) is 6.04 Å². The molecule has 0 radical (unpaired) electrons. The lowest BCUT2D eigenvalue weighted by Gasteiger charge is -2.17. The molecule has 1 aromatic carbocycles. The largest absolute Gasteiger partial charge is 0.481 e. The van der Waals surface area contributed by atoms with E-state index in [0.29, 0.717) is 19.3 Å². The van der Waals surface area contributed by atoms with Gasteiger partial charge in [-0.2, -0.15) is 0 Å². The standard InChI is InChI=1S/C13H13F2NO3/c14-7-4-5-10(15)9(6-7)12(17)16-11-3-1-2-8(11)13(18)19/h4-6,8,11H,1-3H2,(H,16,17)(H,18,19)/t8-,11+/m1/s1. The minimum atomic E-state index is -0.984. The number of hydrogen-bond donors (Lipinski definition) is 2. The molecule has 1 amide bonds. The first-order valence-electron chi connectivity index (χ1n) is 5.98. The number of benzene rings is 1. The summed E-state index contributed by atoms with van der Waals surface area (Å²) in [5.74, 6) is -3.98. The maximum Gasteiger partial charge on any atom is 0.308 e. The highest BCUT2D eigenvalue weighted by atomic mass is 19.1. The number of carboxylic acids is 1. The summed E-state index contributed by atoms with van der Waals surface area (Å²) in [4.78, 5) is 22.8. The van der Waals surface area contributed by atoms with E-state index < -0.39 is 41.0 Å². The molecule has 0 heterocycles. The maximum absolute atomic E-state index is 13.4. The summed E-state index contributed by atoms with van der Waals surface area (Å²) >= 11 is 0. The quantitative estimate of drug-likeness (QED) is 0.881. The number of carboxylic acid groups (broad SMARTS) is 1. The van der Waals surface area contributed by atoms with Crippen LogP contribution in [0.2, 0.25) is 0 Å². The zero-order valence-corrected chi connectivity index (χ0v) is 10.0. The fourth-order valence-corrected chi connectivity index (χ4v) is 2.35. The highest BCUT2D eigenvalue weighted by molar-refractivity contribution is 5.95. The van der Waals surface area contributed by atoms with Crippen LogP contribution in [0, 0.1) is 17.6 Å². The van der Waals surface area contributed by atoms with Crippen molar-refractivity contribution in [3.8, 4) is 0 Å². The molecule has 2 N–H and O–H groups in total. The normalized spacial score (nSPS) is 22.2. The summed E-state index contributed by atoms with van der Waals surface area (Å²) in [6, 6.07) is 2.05. The molecule has 6 heteroatoms. The minimum absolute atomic E-state index is 0.406. The lowest BCUT2D eigenvalue weighted by atomic mass is 10.0. The average Bonchev–Trinajstić information content (AvgIpc) is 2.80. The van der Waals surface area contributed by atoms with E-state index >= 15 is 0 Å². The number of nitrogens with one attached hydrogen (secondary N) is 1. The molecule has 4 nitrogen and oxygen atoms in total. The molecule has 0 saturated heterocycles. The van der Waals surface area contributed by atoms with Gasteiger partial charge in [-0.25, -0.2) is 8.78 Å². The van der Waals surface area contributed by atoms with Gasteiger partial charge in [-0.05, 0) is 31.0 Å². The Balaban J connectivity index is 2.12. The Hall–Kier alpha value is -1.98. The van der Waals surface area contributed by atoms with E-state index in [1.165, 1.54) is 0 Å². The molecule has 0 unspecified atom stereocenters. The van der Waals surface area contributed by atoms with Crippen LogP contribution in [0.5, 0.6) is 0 Å². The van der Waals surface area contributed by atoms with Crippen LogP contribution >= 0.6 is 0 Å². The number of halogens is 2.